The Bertz CT molecular complexity index is 425. The van der Waals surface area contributed by atoms with E-state index in [-0.39, 0.29) is 11.7 Å². The van der Waals surface area contributed by atoms with Crippen molar-refractivity contribution in [2.45, 2.75) is 13.5 Å². The van der Waals surface area contributed by atoms with E-state index in [4.69, 9.17) is 22.7 Å². The van der Waals surface area contributed by atoms with Gasteiger partial charge in [-0.15, -0.1) is 0 Å². The van der Waals surface area contributed by atoms with Crippen LogP contribution in [-0.4, -0.2) is 30.6 Å². The van der Waals surface area contributed by atoms with E-state index < -0.39 is 0 Å². The number of ether oxygens (including phenoxy) is 1. The maximum absolute atomic E-state index is 13.7. The van der Waals surface area contributed by atoms with Crippen LogP contribution in [0.15, 0.2) is 18.2 Å². The molecule has 1 rings (SSSR count). The van der Waals surface area contributed by atoms with Crippen molar-refractivity contribution < 1.29 is 9.13 Å². The molecular formula is C13H19FN2OS. The van der Waals surface area contributed by atoms with E-state index in [2.05, 4.69) is 0 Å². The zero-order valence-corrected chi connectivity index (χ0v) is 11.8. The first-order valence-corrected chi connectivity index (χ1v) is 6.15. The number of hydrogen-bond donors (Lipinski definition) is 1. The lowest BCUT2D eigenvalue weighted by atomic mass is 10.1. The Balaban J connectivity index is 2.64. The first-order valence-electron chi connectivity index (χ1n) is 5.74. The first-order chi connectivity index (χ1) is 8.43. The molecule has 0 heterocycles. The van der Waals surface area contributed by atoms with Crippen molar-refractivity contribution in [3.05, 3.63) is 29.6 Å². The highest BCUT2D eigenvalue weighted by Gasteiger charge is 2.11. The van der Waals surface area contributed by atoms with Gasteiger partial charge in [0.15, 0.2) is 0 Å². The Morgan fingerprint density at radius 1 is 1.56 bits per heavy atom. The summed E-state index contributed by atoms with van der Waals surface area (Å²) < 4.78 is 18.7. The highest BCUT2D eigenvalue weighted by atomic mass is 32.1. The highest BCUT2D eigenvalue weighted by Crippen LogP contribution is 2.17. The number of nitrogens with two attached hydrogens (primary N) is 1. The minimum absolute atomic E-state index is 0.117. The topological polar surface area (TPSA) is 38.5 Å². The number of rotatable bonds is 6. The van der Waals surface area contributed by atoms with Crippen molar-refractivity contribution in [2.24, 2.45) is 11.7 Å². The van der Waals surface area contributed by atoms with Crippen molar-refractivity contribution in [2.75, 3.05) is 20.7 Å². The molecule has 2 N–H and O–H groups in total. The third-order valence-electron chi connectivity index (χ3n) is 2.77. The van der Waals surface area contributed by atoms with Gasteiger partial charge in [0.2, 0.25) is 0 Å². The highest BCUT2D eigenvalue weighted by molar-refractivity contribution is 7.80. The van der Waals surface area contributed by atoms with Gasteiger partial charge in [0, 0.05) is 30.6 Å². The third-order valence-corrected chi connectivity index (χ3v) is 3.17. The zero-order chi connectivity index (χ0) is 13.7. The molecule has 0 aliphatic carbocycles. The Labute approximate surface area is 113 Å². The van der Waals surface area contributed by atoms with Crippen LogP contribution in [0.2, 0.25) is 0 Å². The van der Waals surface area contributed by atoms with Crippen LogP contribution in [0.3, 0.4) is 0 Å². The minimum Gasteiger partial charge on any atom is -0.497 e. The van der Waals surface area contributed by atoms with Crippen molar-refractivity contribution >= 4 is 17.2 Å². The molecule has 0 bridgehead atoms. The number of thiocarbonyl (C=S) groups is 1. The van der Waals surface area contributed by atoms with Gasteiger partial charge in [-0.05, 0) is 13.1 Å². The Morgan fingerprint density at radius 2 is 2.22 bits per heavy atom. The summed E-state index contributed by atoms with van der Waals surface area (Å²) >= 11 is 4.92. The molecule has 1 aromatic rings. The molecular weight excluding hydrogens is 251 g/mol. The van der Waals surface area contributed by atoms with Gasteiger partial charge in [-0.2, -0.15) is 0 Å². The van der Waals surface area contributed by atoms with Crippen LogP contribution in [0.5, 0.6) is 5.75 Å². The fourth-order valence-electron chi connectivity index (χ4n) is 1.70. The van der Waals surface area contributed by atoms with Gasteiger partial charge in [0.25, 0.3) is 0 Å². The molecule has 1 unspecified atom stereocenters. The van der Waals surface area contributed by atoms with Crippen molar-refractivity contribution in [3.63, 3.8) is 0 Å². The number of hydrogen-bond acceptors (Lipinski definition) is 3. The number of methoxy groups -OCH3 is 1. The molecule has 3 nitrogen and oxygen atoms in total. The standard InChI is InChI=1S/C13H19FN2OS/c1-9(13(15)18)7-16(2)8-10-4-5-11(17-3)6-12(10)14/h4-6,9H,7-8H2,1-3H3,(H2,15,18). The maximum atomic E-state index is 13.7. The lowest BCUT2D eigenvalue weighted by Gasteiger charge is -2.21. The summed E-state index contributed by atoms with van der Waals surface area (Å²) in [5, 5.41) is 0. The maximum Gasteiger partial charge on any atom is 0.131 e. The molecule has 0 aliphatic heterocycles. The normalized spacial score (nSPS) is 12.5. The van der Waals surface area contributed by atoms with Gasteiger partial charge in [0.1, 0.15) is 11.6 Å². The molecule has 100 valence electrons. The molecule has 1 atom stereocenters. The van der Waals surface area contributed by atoms with Gasteiger partial charge >= 0.3 is 0 Å². The van der Waals surface area contributed by atoms with Crippen molar-refractivity contribution in [3.8, 4) is 5.75 Å². The van der Waals surface area contributed by atoms with Gasteiger partial charge in [-0.25, -0.2) is 4.39 Å². The van der Waals surface area contributed by atoms with E-state index in [0.29, 0.717) is 29.4 Å². The van der Waals surface area contributed by atoms with Gasteiger partial charge < -0.3 is 15.4 Å². The lowest BCUT2D eigenvalue weighted by molar-refractivity contribution is 0.302. The van der Waals surface area contributed by atoms with Crippen LogP contribution in [0, 0.1) is 11.7 Å². The average Bonchev–Trinajstić information content (AvgIpc) is 2.31. The van der Waals surface area contributed by atoms with E-state index in [0.717, 1.165) is 0 Å². The summed E-state index contributed by atoms with van der Waals surface area (Å²) in [6.45, 7) is 3.19. The average molecular weight is 270 g/mol. The molecule has 18 heavy (non-hydrogen) atoms. The van der Waals surface area contributed by atoms with E-state index in [1.54, 1.807) is 12.1 Å². The monoisotopic (exact) mass is 270 g/mol. The second kappa shape index (κ2) is 6.66. The fourth-order valence-corrected chi connectivity index (χ4v) is 1.77. The summed E-state index contributed by atoms with van der Waals surface area (Å²) in [7, 11) is 3.43. The van der Waals surface area contributed by atoms with E-state index in [1.165, 1.54) is 13.2 Å². The molecule has 5 heteroatoms. The van der Waals surface area contributed by atoms with E-state index in [1.807, 2.05) is 18.9 Å². The number of halogens is 1. The molecule has 1 aromatic carbocycles. The molecule has 0 aromatic heterocycles. The zero-order valence-electron chi connectivity index (χ0n) is 10.9. The smallest absolute Gasteiger partial charge is 0.131 e. The SMILES string of the molecule is COc1ccc(CN(C)CC(C)C(N)=S)c(F)c1. The second-order valence-electron chi connectivity index (χ2n) is 4.46. The molecule has 0 spiro atoms. The lowest BCUT2D eigenvalue weighted by Crippen LogP contribution is -2.31. The molecule has 0 aliphatic rings. The van der Waals surface area contributed by atoms with Crippen LogP contribution in [-0.2, 0) is 6.54 Å². The summed E-state index contributed by atoms with van der Waals surface area (Å²) in [6.07, 6.45) is 0. The second-order valence-corrected chi connectivity index (χ2v) is 4.93. The first kappa shape index (κ1) is 14.9. The Kier molecular flexibility index (Phi) is 5.50. The van der Waals surface area contributed by atoms with Crippen LogP contribution in [0.25, 0.3) is 0 Å². The largest absolute Gasteiger partial charge is 0.497 e. The summed E-state index contributed by atoms with van der Waals surface area (Å²) in [5.41, 5.74) is 6.19. The Morgan fingerprint density at radius 3 is 2.72 bits per heavy atom. The number of benzene rings is 1. The Hall–Kier alpha value is -1.20. The summed E-state index contributed by atoms with van der Waals surface area (Å²) in [6, 6.07) is 4.87. The van der Waals surface area contributed by atoms with Gasteiger partial charge in [-0.1, -0.05) is 25.2 Å². The molecule has 0 saturated heterocycles. The van der Waals surface area contributed by atoms with Crippen LogP contribution in [0.4, 0.5) is 4.39 Å². The molecule has 0 fully saturated rings. The van der Waals surface area contributed by atoms with Gasteiger partial charge in [-0.3, -0.25) is 0 Å². The van der Waals surface area contributed by atoms with Crippen LogP contribution >= 0.6 is 12.2 Å². The van der Waals surface area contributed by atoms with Crippen LogP contribution in [0.1, 0.15) is 12.5 Å². The quantitative estimate of drug-likeness (QED) is 0.804. The molecule has 0 radical (unpaired) electrons. The van der Waals surface area contributed by atoms with Crippen LogP contribution < -0.4 is 10.5 Å². The van der Waals surface area contributed by atoms with Crippen molar-refractivity contribution in [1.29, 1.82) is 0 Å². The van der Waals surface area contributed by atoms with Gasteiger partial charge in [0.05, 0.1) is 12.1 Å². The molecule has 0 amide bonds. The minimum atomic E-state index is -0.260. The predicted molar refractivity (Wildman–Crippen MR) is 75.2 cm³/mol. The van der Waals surface area contributed by atoms with Crippen molar-refractivity contribution in [1.82, 2.24) is 4.90 Å². The predicted octanol–water partition coefficient (Wildman–Crippen LogP) is 2.19. The fraction of sp³-hybridized carbons (Fsp3) is 0.462. The summed E-state index contributed by atoms with van der Waals surface area (Å²) in [5.74, 6) is 0.380. The van der Waals surface area contributed by atoms with E-state index in [9.17, 15) is 4.39 Å². The summed E-state index contributed by atoms with van der Waals surface area (Å²) in [4.78, 5) is 2.48. The molecule has 0 saturated carbocycles. The number of nitrogens with zero attached hydrogens (tertiary/aromatic N) is 1. The van der Waals surface area contributed by atoms with E-state index >= 15 is 0 Å². The third kappa shape index (κ3) is 4.23.